The lowest BCUT2D eigenvalue weighted by molar-refractivity contribution is 0.103. The van der Waals surface area contributed by atoms with Crippen molar-refractivity contribution in [3.05, 3.63) is 94.4 Å². The Labute approximate surface area is 169 Å². The molecule has 1 N–H and O–H groups in total. The normalized spacial score (nSPS) is 10.8. The summed E-state index contributed by atoms with van der Waals surface area (Å²) >= 11 is 1.48. The van der Waals surface area contributed by atoms with Gasteiger partial charge in [-0.25, -0.2) is 0 Å². The van der Waals surface area contributed by atoms with Crippen molar-refractivity contribution in [2.75, 3.05) is 5.32 Å². The van der Waals surface area contributed by atoms with E-state index in [-0.39, 0.29) is 5.91 Å². The molecule has 2 aromatic carbocycles. The molecule has 4 aromatic rings. The maximum atomic E-state index is 13.1. The first-order valence-corrected chi connectivity index (χ1v) is 10.3. The number of hydrogen-bond donors (Lipinski definition) is 1. The number of amides is 1. The molecule has 2 heterocycles. The Hall–Kier alpha value is -3.11. The van der Waals surface area contributed by atoms with E-state index in [0.717, 1.165) is 28.9 Å². The first kappa shape index (κ1) is 18.3. The van der Waals surface area contributed by atoms with Gasteiger partial charge >= 0.3 is 0 Å². The predicted molar refractivity (Wildman–Crippen MR) is 118 cm³/mol. The standard InChI is InChI=1S/C24H22N2OS/c1-3-18-8-12-20(13-9-18)25-24(27)23-22(26-14-4-5-15-26)21(16-28-23)19-10-6-17(2)7-11-19/h4-16H,3H2,1-2H3,(H,25,27). The molecule has 0 atom stereocenters. The molecule has 0 aliphatic rings. The molecule has 1 amide bonds. The highest BCUT2D eigenvalue weighted by Gasteiger charge is 2.20. The Kier molecular flexibility index (Phi) is 5.13. The van der Waals surface area contributed by atoms with E-state index >= 15 is 0 Å². The minimum atomic E-state index is -0.0867. The van der Waals surface area contributed by atoms with Gasteiger partial charge in [0.05, 0.1) is 5.69 Å². The van der Waals surface area contributed by atoms with Crippen LogP contribution in [0, 0.1) is 6.92 Å². The van der Waals surface area contributed by atoms with Crippen LogP contribution in [0.2, 0.25) is 0 Å². The first-order chi connectivity index (χ1) is 13.7. The molecule has 0 saturated heterocycles. The second-order valence-corrected chi connectivity index (χ2v) is 7.67. The van der Waals surface area contributed by atoms with Crippen molar-refractivity contribution in [3.8, 4) is 16.8 Å². The number of benzene rings is 2. The van der Waals surface area contributed by atoms with E-state index in [1.165, 1.54) is 22.5 Å². The number of thiophene rings is 1. The molecular weight excluding hydrogens is 364 g/mol. The topological polar surface area (TPSA) is 34.0 Å². The number of aryl methyl sites for hydroxylation is 2. The number of carbonyl (C=O) groups is 1. The lowest BCUT2D eigenvalue weighted by Gasteiger charge is -2.11. The van der Waals surface area contributed by atoms with Gasteiger partial charge < -0.3 is 9.88 Å². The van der Waals surface area contributed by atoms with E-state index in [2.05, 4.69) is 60.9 Å². The zero-order valence-corrected chi connectivity index (χ0v) is 16.8. The van der Waals surface area contributed by atoms with Gasteiger partial charge in [0.1, 0.15) is 4.88 Å². The van der Waals surface area contributed by atoms with Gasteiger partial charge in [0.2, 0.25) is 0 Å². The van der Waals surface area contributed by atoms with Crippen LogP contribution in [0.3, 0.4) is 0 Å². The average Bonchev–Trinajstić information content (AvgIpc) is 3.38. The van der Waals surface area contributed by atoms with Crippen molar-refractivity contribution in [2.45, 2.75) is 20.3 Å². The summed E-state index contributed by atoms with van der Waals surface area (Å²) in [6, 6.07) is 20.4. The monoisotopic (exact) mass is 386 g/mol. The molecule has 3 nitrogen and oxygen atoms in total. The van der Waals surface area contributed by atoms with Gasteiger partial charge in [-0.15, -0.1) is 11.3 Å². The van der Waals surface area contributed by atoms with Gasteiger partial charge in [0.25, 0.3) is 5.91 Å². The first-order valence-electron chi connectivity index (χ1n) is 9.38. The zero-order valence-electron chi connectivity index (χ0n) is 16.0. The third-order valence-corrected chi connectivity index (χ3v) is 5.78. The molecule has 0 aliphatic heterocycles. The molecule has 2 aromatic heterocycles. The van der Waals surface area contributed by atoms with E-state index in [1.807, 2.05) is 41.2 Å². The quantitative estimate of drug-likeness (QED) is 0.427. The molecule has 0 bridgehead atoms. The van der Waals surface area contributed by atoms with Crippen molar-refractivity contribution < 1.29 is 4.79 Å². The van der Waals surface area contributed by atoms with Crippen LogP contribution in [-0.2, 0) is 6.42 Å². The SMILES string of the molecule is CCc1ccc(NC(=O)c2scc(-c3ccc(C)cc3)c2-n2cccc2)cc1. The van der Waals surface area contributed by atoms with E-state index in [1.54, 1.807) is 0 Å². The number of carbonyl (C=O) groups excluding carboxylic acids is 1. The summed E-state index contributed by atoms with van der Waals surface area (Å²) in [6.07, 6.45) is 4.94. The van der Waals surface area contributed by atoms with Crippen LogP contribution in [-0.4, -0.2) is 10.5 Å². The molecule has 140 valence electrons. The van der Waals surface area contributed by atoms with E-state index < -0.39 is 0 Å². The zero-order chi connectivity index (χ0) is 19.5. The summed E-state index contributed by atoms with van der Waals surface area (Å²) in [6.45, 7) is 4.20. The summed E-state index contributed by atoms with van der Waals surface area (Å²) in [4.78, 5) is 13.8. The summed E-state index contributed by atoms with van der Waals surface area (Å²) in [5.41, 5.74) is 6.37. The van der Waals surface area contributed by atoms with Crippen molar-refractivity contribution >= 4 is 22.9 Å². The van der Waals surface area contributed by atoms with Crippen LogP contribution in [0.5, 0.6) is 0 Å². The number of nitrogens with zero attached hydrogens (tertiary/aromatic N) is 1. The highest BCUT2D eigenvalue weighted by molar-refractivity contribution is 7.13. The number of rotatable bonds is 5. The predicted octanol–water partition coefficient (Wildman–Crippen LogP) is 6.33. The molecule has 28 heavy (non-hydrogen) atoms. The van der Waals surface area contributed by atoms with Crippen molar-refractivity contribution in [1.29, 1.82) is 0 Å². The lowest BCUT2D eigenvalue weighted by Crippen LogP contribution is -2.13. The maximum absolute atomic E-state index is 13.1. The van der Waals surface area contributed by atoms with Crippen LogP contribution in [0.15, 0.2) is 78.4 Å². The fraction of sp³-hybridized carbons (Fsp3) is 0.125. The number of nitrogens with one attached hydrogen (secondary N) is 1. The largest absolute Gasteiger partial charge is 0.322 e. The summed E-state index contributed by atoms with van der Waals surface area (Å²) < 4.78 is 2.01. The van der Waals surface area contributed by atoms with E-state index in [4.69, 9.17) is 0 Å². The molecule has 4 heteroatoms. The summed E-state index contributed by atoms with van der Waals surface area (Å²) in [5, 5.41) is 5.11. The van der Waals surface area contributed by atoms with Crippen LogP contribution in [0.25, 0.3) is 16.8 Å². The molecule has 0 aliphatic carbocycles. The Morgan fingerprint density at radius 3 is 2.32 bits per heavy atom. The van der Waals surface area contributed by atoms with Gasteiger partial charge in [0.15, 0.2) is 0 Å². The molecule has 0 spiro atoms. The maximum Gasteiger partial charge on any atom is 0.267 e. The smallest absolute Gasteiger partial charge is 0.267 e. The Morgan fingerprint density at radius 1 is 1.00 bits per heavy atom. The van der Waals surface area contributed by atoms with Crippen LogP contribution in [0.4, 0.5) is 5.69 Å². The minimum absolute atomic E-state index is 0.0867. The average molecular weight is 387 g/mol. The summed E-state index contributed by atoms with van der Waals surface area (Å²) in [5.74, 6) is -0.0867. The van der Waals surface area contributed by atoms with Gasteiger partial charge in [-0.2, -0.15) is 0 Å². The number of aromatic nitrogens is 1. The van der Waals surface area contributed by atoms with E-state index in [0.29, 0.717) is 4.88 Å². The Bertz CT molecular complexity index is 1070. The Balaban J connectivity index is 1.72. The molecule has 0 saturated carbocycles. The number of anilines is 1. The molecule has 0 radical (unpaired) electrons. The number of hydrogen-bond acceptors (Lipinski definition) is 2. The Morgan fingerprint density at radius 2 is 1.68 bits per heavy atom. The van der Waals surface area contributed by atoms with Gasteiger partial charge in [-0.1, -0.05) is 48.9 Å². The van der Waals surface area contributed by atoms with Gasteiger partial charge in [-0.3, -0.25) is 4.79 Å². The molecular formula is C24H22N2OS. The van der Waals surface area contributed by atoms with Gasteiger partial charge in [0, 0.05) is 29.0 Å². The molecule has 0 fully saturated rings. The van der Waals surface area contributed by atoms with E-state index in [9.17, 15) is 4.79 Å². The fourth-order valence-corrected chi connectivity index (χ4v) is 4.17. The van der Waals surface area contributed by atoms with Crippen LogP contribution in [0.1, 0.15) is 27.7 Å². The molecule has 4 rings (SSSR count). The third kappa shape index (κ3) is 3.64. The summed E-state index contributed by atoms with van der Waals surface area (Å²) in [7, 11) is 0. The second kappa shape index (κ2) is 7.87. The van der Waals surface area contributed by atoms with Gasteiger partial charge in [-0.05, 0) is 48.7 Å². The van der Waals surface area contributed by atoms with Crippen LogP contribution >= 0.6 is 11.3 Å². The minimum Gasteiger partial charge on any atom is -0.322 e. The van der Waals surface area contributed by atoms with Crippen molar-refractivity contribution in [3.63, 3.8) is 0 Å². The highest BCUT2D eigenvalue weighted by Crippen LogP contribution is 2.35. The van der Waals surface area contributed by atoms with Crippen molar-refractivity contribution in [1.82, 2.24) is 4.57 Å². The fourth-order valence-electron chi connectivity index (χ4n) is 3.20. The molecule has 0 unspecified atom stereocenters. The highest BCUT2D eigenvalue weighted by atomic mass is 32.1. The van der Waals surface area contributed by atoms with Crippen LogP contribution < -0.4 is 5.32 Å². The second-order valence-electron chi connectivity index (χ2n) is 6.79. The lowest BCUT2D eigenvalue weighted by atomic mass is 10.0. The third-order valence-electron chi connectivity index (χ3n) is 4.82. The van der Waals surface area contributed by atoms with Crippen molar-refractivity contribution in [2.24, 2.45) is 0 Å².